The number of carbonyl (C=O) groups is 1. The lowest BCUT2D eigenvalue weighted by atomic mass is 9.80. The quantitative estimate of drug-likeness (QED) is 0.625. The molecule has 1 aromatic heterocycles. The Balaban J connectivity index is 1.16. The number of nitrogens with one attached hydrogen (secondary N) is 1. The number of aryl methyl sites for hydroxylation is 1. The van der Waals surface area contributed by atoms with E-state index < -0.39 is 16.7 Å². The molecule has 0 bridgehead atoms. The molecule has 35 heavy (non-hydrogen) atoms. The lowest BCUT2D eigenvalue weighted by molar-refractivity contribution is -0.153. The summed E-state index contributed by atoms with van der Waals surface area (Å²) in [5.41, 5.74) is 1.87. The maximum absolute atomic E-state index is 14.8. The first-order valence-corrected chi connectivity index (χ1v) is 14.5. The van der Waals surface area contributed by atoms with E-state index in [1.165, 1.54) is 5.56 Å². The number of halogens is 1. The van der Waals surface area contributed by atoms with Crippen molar-refractivity contribution >= 4 is 27.9 Å². The third-order valence-corrected chi connectivity index (χ3v) is 8.94. The Morgan fingerprint density at radius 3 is 2.71 bits per heavy atom. The van der Waals surface area contributed by atoms with E-state index in [1.54, 1.807) is 11.2 Å². The van der Waals surface area contributed by atoms with Gasteiger partial charge in [-0.15, -0.1) is 0 Å². The van der Waals surface area contributed by atoms with Crippen LogP contribution in [0.5, 0.6) is 0 Å². The number of amides is 1. The first-order chi connectivity index (χ1) is 16.8. The van der Waals surface area contributed by atoms with Gasteiger partial charge in [-0.05, 0) is 75.0 Å². The summed E-state index contributed by atoms with van der Waals surface area (Å²) in [4.78, 5) is 18.9. The number of piperidine rings is 1. The minimum Gasteiger partial charge on any atom is -0.378 e. The van der Waals surface area contributed by atoms with Gasteiger partial charge in [-0.2, -0.15) is 0 Å². The molecule has 1 saturated heterocycles. The van der Waals surface area contributed by atoms with Crippen LogP contribution in [0.4, 0.5) is 4.39 Å². The number of fused-ring (bicyclic) bond motifs is 1. The van der Waals surface area contributed by atoms with Crippen LogP contribution in [0.25, 0.3) is 11.0 Å². The number of ether oxygens (including phenoxy) is 1. The predicted octanol–water partition coefficient (Wildman–Crippen LogP) is 3.61. The van der Waals surface area contributed by atoms with E-state index >= 15 is 0 Å². The summed E-state index contributed by atoms with van der Waals surface area (Å²) in [6.45, 7) is 1.45. The van der Waals surface area contributed by atoms with Gasteiger partial charge < -0.3 is 14.2 Å². The van der Waals surface area contributed by atoms with Gasteiger partial charge in [0.1, 0.15) is 0 Å². The first kappa shape index (κ1) is 24.8. The zero-order valence-electron chi connectivity index (χ0n) is 20.7. The van der Waals surface area contributed by atoms with E-state index in [0.29, 0.717) is 44.9 Å². The number of imidazole rings is 1. The summed E-state index contributed by atoms with van der Waals surface area (Å²) in [6, 6.07) is 6.61. The largest absolute Gasteiger partial charge is 0.378 e. The molecule has 0 spiro atoms. The van der Waals surface area contributed by atoms with Crippen molar-refractivity contribution in [3.05, 3.63) is 30.1 Å². The Bertz CT molecular complexity index is 1080. The monoisotopic (exact) mass is 504 g/mol. The van der Waals surface area contributed by atoms with Crippen LogP contribution in [0.3, 0.4) is 0 Å². The van der Waals surface area contributed by atoms with Crippen LogP contribution in [0.15, 0.2) is 24.5 Å². The van der Waals surface area contributed by atoms with Crippen molar-refractivity contribution in [1.29, 1.82) is 0 Å². The zero-order chi connectivity index (χ0) is 24.6. The number of hydrogen-bond donors (Lipinski definition) is 1. The number of rotatable bonds is 7. The molecule has 3 atom stereocenters. The van der Waals surface area contributed by atoms with Gasteiger partial charge in [-0.3, -0.25) is 4.79 Å². The number of hydrogen-bond acceptors (Lipinski definition) is 4. The Hall–Kier alpha value is -1.84. The molecule has 2 heterocycles. The van der Waals surface area contributed by atoms with E-state index in [9.17, 15) is 13.4 Å². The van der Waals surface area contributed by atoms with Gasteiger partial charge in [0.05, 0.1) is 41.1 Å². The number of benzene rings is 1. The summed E-state index contributed by atoms with van der Waals surface area (Å²) >= 11 is 0. The highest BCUT2D eigenvalue weighted by molar-refractivity contribution is 7.82. The Labute approximate surface area is 209 Å². The van der Waals surface area contributed by atoms with E-state index in [4.69, 9.17) is 4.74 Å². The van der Waals surface area contributed by atoms with Gasteiger partial charge in [0.25, 0.3) is 5.91 Å². The second-order valence-electron chi connectivity index (χ2n) is 10.7. The summed E-state index contributed by atoms with van der Waals surface area (Å²) < 4.78 is 38.2. The molecule has 1 aromatic carbocycles. The Morgan fingerprint density at radius 1 is 1.26 bits per heavy atom. The van der Waals surface area contributed by atoms with Crippen LogP contribution in [0.2, 0.25) is 0 Å². The van der Waals surface area contributed by atoms with Crippen LogP contribution in [0, 0.1) is 5.92 Å². The number of likely N-dealkylation sites (tertiary alicyclic amines) is 1. The normalized spacial score (nSPS) is 29.6. The molecule has 0 radical (unpaired) electrons. The van der Waals surface area contributed by atoms with Gasteiger partial charge in [-0.25, -0.2) is 18.3 Å². The third-order valence-electron chi connectivity index (χ3n) is 8.31. The van der Waals surface area contributed by atoms with Crippen LogP contribution < -0.4 is 4.72 Å². The Morgan fingerprint density at radius 2 is 2.03 bits per heavy atom. The second kappa shape index (κ2) is 10.3. The highest BCUT2D eigenvalue weighted by Crippen LogP contribution is 2.39. The molecule has 1 aliphatic heterocycles. The van der Waals surface area contributed by atoms with Crippen LogP contribution in [-0.4, -0.2) is 68.3 Å². The molecular weight excluding hydrogens is 467 g/mol. The fourth-order valence-electron chi connectivity index (χ4n) is 5.97. The molecule has 2 saturated carbocycles. The van der Waals surface area contributed by atoms with Crippen molar-refractivity contribution in [2.24, 2.45) is 13.0 Å². The molecule has 1 N–H and O–H groups in total. The predicted molar refractivity (Wildman–Crippen MR) is 135 cm³/mol. The summed E-state index contributed by atoms with van der Waals surface area (Å²) in [5.74, 6) is 0.156. The maximum Gasteiger partial charge on any atom is 0.260 e. The third kappa shape index (κ3) is 5.32. The average molecular weight is 505 g/mol. The van der Waals surface area contributed by atoms with Gasteiger partial charge in [0.15, 0.2) is 5.67 Å². The number of carbonyl (C=O) groups excluding carboxylic acids is 1. The van der Waals surface area contributed by atoms with Gasteiger partial charge in [0.2, 0.25) is 0 Å². The minimum absolute atomic E-state index is 0.00303. The smallest absolute Gasteiger partial charge is 0.260 e. The summed E-state index contributed by atoms with van der Waals surface area (Å²) in [5, 5.41) is 0. The van der Waals surface area contributed by atoms with Crippen LogP contribution in [0.1, 0.15) is 62.8 Å². The molecule has 2 aliphatic carbocycles. The molecule has 2 aromatic rings. The topological polar surface area (TPSA) is 76.5 Å². The molecule has 192 valence electrons. The van der Waals surface area contributed by atoms with Gasteiger partial charge >= 0.3 is 0 Å². The molecular formula is C26H37FN4O3S. The van der Waals surface area contributed by atoms with E-state index in [2.05, 4.69) is 27.9 Å². The lowest BCUT2D eigenvalue weighted by Gasteiger charge is -2.43. The average Bonchev–Trinajstić information content (AvgIpc) is 3.21. The number of aromatic nitrogens is 2. The van der Waals surface area contributed by atoms with Crippen LogP contribution >= 0.6 is 0 Å². The minimum atomic E-state index is -1.67. The number of alkyl halides is 1. The zero-order valence-corrected chi connectivity index (χ0v) is 21.6. The fraction of sp³-hybridized carbons (Fsp3) is 0.692. The van der Waals surface area contributed by atoms with E-state index in [1.807, 2.05) is 17.9 Å². The highest BCUT2D eigenvalue weighted by Gasteiger charge is 2.48. The summed E-state index contributed by atoms with van der Waals surface area (Å²) in [6.07, 6.45) is 9.91. The van der Waals surface area contributed by atoms with Crippen molar-refractivity contribution in [3.8, 4) is 0 Å². The highest BCUT2D eigenvalue weighted by atomic mass is 32.2. The van der Waals surface area contributed by atoms with Gasteiger partial charge in [0, 0.05) is 38.4 Å². The van der Waals surface area contributed by atoms with Crippen LogP contribution in [-0.2, 0) is 27.6 Å². The molecule has 7 nitrogen and oxygen atoms in total. The lowest BCUT2D eigenvalue weighted by Crippen LogP contribution is -2.58. The molecule has 3 aliphatic rings. The van der Waals surface area contributed by atoms with Gasteiger partial charge in [-0.1, -0.05) is 6.07 Å². The molecule has 5 rings (SSSR count). The molecule has 3 fully saturated rings. The van der Waals surface area contributed by atoms with Crippen molar-refractivity contribution in [3.63, 3.8) is 0 Å². The van der Waals surface area contributed by atoms with E-state index in [-0.39, 0.29) is 24.0 Å². The Kier molecular flexibility index (Phi) is 7.28. The number of nitrogens with zero attached hydrogens (tertiary/aromatic N) is 3. The molecule has 3 unspecified atom stereocenters. The summed E-state index contributed by atoms with van der Waals surface area (Å²) in [7, 11) is 0.868. The SMILES string of the molecule is Cn1cnc2cc(C3CCC(OCC4CN(C(=O)C5(F)CCC5)CCC4NS(C)=O)CC3)ccc21. The van der Waals surface area contributed by atoms with Crippen molar-refractivity contribution in [1.82, 2.24) is 19.2 Å². The second-order valence-corrected chi connectivity index (χ2v) is 11.9. The standard InChI is InChI=1S/C26H37FN4O3S/c1-30-17-28-23-14-19(6-9-24(23)30)18-4-7-21(8-5-18)34-16-20-15-31(13-10-22(20)29-35(2)33)25(32)26(27)11-3-12-26/h6,9,14,17-18,20-22,29H,3-5,7-8,10-13,15-16H2,1-2H3. The van der Waals surface area contributed by atoms with E-state index in [0.717, 1.165) is 43.1 Å². The van der Waals surface area contributed by atoms with Crippen molar-refractivity contribution in [2.45, 2.75) is 75.1 Å². The van der Waals surface area contributed by atoms with Crippen molar-refractivity contribution < 1.29 is 18.1 Å². The molecule has 9 heteroatoms. The first-order valence-electron chi connectivity index (χ1n) is 12.9. The maximum atomic E-state index is 14.8. The molecule has 1 amide bonds. The fourth-order valence-corrected chi connectivity index (χ4v) is 6.70. The van der Waals surface area contributed by atoms with Crippen molar-refractivity contribution in [2.75, 3.05) is 26.0 Å².